The van der Waals surface area contributed by atoms with Crippen LogP contribution in [0.2, 0.25) is 0 Å². The number of hydrogen-bond acceptors (Lipinski definition) is 2. The molecule has 2 aliphatic rings. The second-order valence-electron chi connectivity index (χ2n) is 5.46. The molecular weight excluding hydrogens is 204 g/mol. The Morgan fingerprint density at radius 2 is 2.38 bits per heavy atom. The van der Waals surface area contributed by atoms with Crippen molar-refractivity contribution in [1.29, 1.82) is 0 Å². The van der Waals surface area contributed by atoms with E-state index in [1.54, 1.807) is 0 Å². The number of aromatic amines is 1. The smallest absolute Gasteiger partial charge is 0.356 e. The van der Waals surface area contributed by atoms with Gasteiger partial charge in [0, 0.05) is 17.2 Å². The minimum Gasteiger partial charge on any atom is -0.476 e. The molecule has 4 heteroatoms. The molecule has 3 rings (SSSR count). The first-order chi connectivity index (χ1) is 7.59. The van der Waals surface area contributed by atoms with Gasteiger partial charge in [-0.25, -0.2) is 4.79 Å². The molecule has 2 N–H and O–H groups in total. The molecule has 3 atom stereocenters. The molecule has 1 heterocycles. The van der Waals surface area contributed by atoms with Crippen molar-refractivity contribution in [3.05, 3.63) is 17.0 Å². The van der Waals surface area contributed by atoms with E-state index in [-0.39, 0.29) is 5.69 Å². The van der Waals surface area contributed by atoms with Crippen LogP contribution in [0, 0.1) is 17.8 Å². The number of fused-ring (bicyclic) bond motifs is 3. The summed E-state index contributed by atoms with van der Waals surface area (Å²) in [6.07, 6.45) is 2.16. The number of aromatic nitrogens is 2. The third-order valence-corrected chi connectivity index (χ3v) is 3.95. The van der Waals surface area contributed by atoms with E-state index in [4.69, 9.17) is 5.11 Å². The minimum atomic E-state index is -0.904. The molecule has 0 amide bonds. The van der Waals surface area contributed by atoms with Crippen LogP contribution in [0.25, 0.3) is 0 Å². The Kier molecular flexibility index (Phi) is 1.91. The maximum Gasteiger partial charge on any atom is 0.356 e. The van der Waals surface area contributed by atoms with Gasteiger partial charge >= 0.3 is 5.97 Å². The van der Waals surface area contributed by atoms with Gasteiger partial charge in [-0.3, -0.25) is 5.10 Å². The van der Waals surface area contributed by atoms with Crippen LogP contribution in [0.4, 0.5) is 0 Å². The van der Waals surface area contributed by atoms with Crippen LogP contribution < -0.4 is 0 Å². The maximum atomic E-state index is 10.9. The highest BCUT2D eigenvalue weighted by Crippen LogP contribution is 2.63. The van der Waals surface area contributed by atoms with Gasteiger partial charge in [0.15, 0.2) is 5.69 Å². The molecule has 86 valence electrons. The SMILES string of the molecule is CC(C)CC1C2Cc3c(C(=O)O)n[nH]c3[C@@H]21. The van der Waals surface area contributed by atoms with Crippen LogP contribution in [0.3, 0.4) is 0 Å². The monoisotopic (exact) mass is 220 g/mol. The Bertz CT molecular complexity index is 450. The number of aromatic carboxylic acids is 1. The van der Waals surface area contributed by atoms with Crippen molar-refractivity contribution in [2.24, 2.45) is 17.8 Å². The number of carboxylic acid groups (broad SMARTS) is 1. The largest absolute Gasteiger partial charge is 0.476 e. The topological polar surface area (TPSA) is 66.0 Å². The first-order valence-electron chi connectivity index (χ1n) is 5.90. The minimum absolute atomic E-state index is 0.241. The Morgan fingerprint density at radius 1 is 1.62 bits per heavy atom. The van der Waals surface area contributed by atoms with Crippen molar-refractivity contribution < 1.29 is 9.90 Å². The average Bonchev–Trinajstić information content (AvgIpc) is 2.60. The third-order valence-electron chi connectivity index (χ3n) is 3.95. The zero-order valence-electron chi connectivity index (χ0n) is 9.53. The zero-order valence-corrected chi connectivity index (χ0v) is 9.53. The summed E-state index contributed by atoms with van der Waals surface area (Å²) in [7, 11) is 0. The maximum absolute atomic E-state index is 10.9. The molecule has 1 aromatic heterocycles. The summed E-state index contributed by atoms with van der Waals surface area (Å²) in [5.74, 6) is 1.83. The molecule has 0 bridgehead atoms. The Labute approximate surface area is 94.1 Å². The molecule has 1 saturated carbocycles. The Balaban J connectivity index is 1.83. The summed E-state index contributed by atoms with van der Waals surface area (Å²) < 4.78 is 0. The molecule has 2 aliphatic carbocycles. The van der Waals surface area contributed by atoms with Gasteiger partial charge in [0.1, 0.15) is 0 Å². The van der Waals surface area contributed by atoms with E-state index in [0.717, 1.165) is 29.5 Å². The first-order valence-corrected chi connectivity index (χ1v) is 5.90. The molecule has 0 saturated heterocycles. The number of nitrogens with zero attached hydrogens (tertiary/aromatic N) is 1. The van der Waals surface area contributed by atoms with Gasteiger partial charge in [0.05, 0.1) is 0 Å². The first kappa shape index (κ1) is 9.87. The molecule has 16 heavy (non-hydrogen) atoms. The number of hydrogen-bond donors (Lipinski definition) is 2. The van der Waals surface area contributed by atoms with Crippen LogP contribution in [0.5, 0.6) is 0 Å². The van der Waals surface area contributed by atoms with Crippen LogP contribution in [-0.4, -0.2) is 21.3 Å². The molecule has 0 radical (unpaired) electrons. The number of carbonyl (C=O) groups is 1. The van der Waals surface area contributed by atoms with Crippen LogP contribution in [0.15, 0.2) is 0 Å². The number of carboxylic acids is 1. The molecule has 4 nitrogen and oxygen atoms in total. The molecule has 1 fully saturated rings. The highest BCUT2D eigenvalue weighted by molar-refractivity contribution is 5.87. The lowest BCUT2D eigenvalue weighted by atomic mass is 9.99. The lowest BCUT2D eigenvalue weighted by Gasteiger charge is -2.06. The quantitative estimate of drug-likeness (QED) is 0.819. The Morgan fingerprint density at radius 3 is 3.00 bits per heavy atom. The fraction of sp³-hybridized carbons (Fsp3) is 0.667. The molecule has 0 spiro atoms. The molecule has 1 aromatic rings. The molecule has 0 aromatic carbocycles. The normalized spacial score (nSPS) is 30.3. The summed E-state index contributed by atoms with van der Waals surface area (Å²) in [4.78, 5) is 10.9. The summed E-state index contributed by atoms with van der Waals surface area (Å²) in [5, 5.41) is 15.8. The Hall–Kier alpha value is -1.32. The second-order valence-corrected chi connectivity index (χ2v) is 5.46. The molecule has 0 aliphatic heterocycles. The van der Waals surface area contributed by atoms with E-state index >= 15 is 0 Å². The van der Waals surface area contributed by atoms with E-state index < -0.39 is 5.97 Å². The van der Waals surface area contributed by atoms with Gasteiger partial charge in [-0.1, -0.05) is 13.8 Å². The van der Waals surface area contributed by atoms with Crippen molar-refractivity contribution in [3.63, 3.8) is 0 Å². The van der Waals surface area contributed by atoms with E-state index in [9.17, 15) is 4.79 Å². The van der Waals surface area contributed by atoms with Crippen molar-refractivity contribution in [2.45, 2.75) is 32.6 Å². The number of rotatable bonds is 3. The van der Waals surface area contributed by atoms with E-state index in [1.807, 2.05) is 0 Å². The van der Waals surface area contributed by atoms with Gasteiger partial charge in [-0.2, -0.15) is 5.10 Å². The highest BCUT2D eigenvalue weighted by Gasteiger charge is 2.57. The van der Waals surface area contributed by atoms with Gasteiger partial charge in [0.25, 0.3) is 0 Å². The van der Waals surface area contributed by atoms with Crippen molar-refractivity contribution >= 4 is 5.97 Å². The van der Waals surface area contributed by atoms with Gasteiger partial charge in [-0.05, 0) is 30.6 Å². The van der Waals surface area contributed by atoms with Crippen LogP contribution in [-0.2, 0) is 6.42 Å². The second kappa shape index (κ2) is 3.09. The fourth-order valence-corrected chi connectivity index (χ4v) is 3.29. The van der Waals surface area contributed by atoms with Crippen LogP contribution >= 0.6 is 0 Å². The zero-order chi connectivity index (χ0) is 11.4. The van der Waals surface area contributed by atoms with Crippen molar-refractivity contribution in [2.75, 3.05) is 0 Å². The lowest BCUT2D eigenvalue weighted by molar-refractivity contribution is 0.0689. The van der Waals surface area contributed by atoms with Gasteiger partial charge in [-0.15, -0.1) is 0 Å². The standard InChI is InChI=1S/C12H16N2O2/c1-5(2)3-6-7-4-8-10(9(6)7)13-14-11(8)12(15)16/h5-7,9H,3-4H2,1-2H3,(H,13,14)(H,15,16)/t6?,7?,9-/m1/s1. The molecular formula is C12H16N2O2. The lowest BCUT2D eigenvalue weighted by Crippen LogP contribution is -2.03. The average molecular weight is 220 g/mol. The number of nitrogens with one attached hydrogen (secondary N) is 1. The fourth-order valence-electron chi connectivity index (χ4n) is 3.29. The van der Waals surface area contributed by atoms with Crippen molar-refractivity contribution in [3.8, 4) is 0 Å². The summed E-state index contributed by atoms with van der Waals surface area (Å²) in [6.45, 7) is 4.48. The van der Waals surface area contributed by atoms with Gasteiger partial charge < -0.3 is 5.11 Å². The van der Waals surface area contributed by atoms with Crippen LogP contribution in [0.1, 0.15) is 47.9 Å². The van der Waals surface area contributed by atoms with E-state index in [1.165, 1.54) is 6.42 Å². The summed E-state index contributed by atoms with van der Waals surface area (Å²) >= 11 is 0. The van der Waals surface area contributed by atoms with Crippen molar-refractivity contribution in [1.82, 2.24) is 10.2 Å². The summed E-state index contributed by atoms with van der Waals surface area (Å²) in [5.41, 5.74) is 2.31. The highest BCUT2D eigenvalue weighted by atomic mass is 16.4. The van der Waals surface area contributed by atoms with E-state index in [0.29, 0.717) is 11.8 Å². The predicted molar refractivity (Wildman–Crippen MR) is 58.4 cm³/mol. The number of H-pyrrole nitrogens is 1. The molecule has 2 unspecified atom stereocenters. The predicted octanol–water partition coefficient (Wildman–Crippen LogP) is 2.04. The van der Waals surface area contributed by atoms with Gasteiger partial charge in [0.2, 0.25) is 0 Å². The summed E-state index contributed by atoms with van der Waals surface area (Å²) in [6, 6.07) is 0. The third kappa shape index (κ3) is 1.22. The van der Waals surface area contributed by atoms with E-state index in [2.05, 4.69) is 24.0 Å².